The summed E-state index contributed by atoms with van der Waals surface area (Å²) in [4.78, 5) is 15.1. The second-order valence-electron chi connectivity index (χ2n) is 4.76. The Kier molecular flexibility index (Phi) is 5.33. The molecule has 2 rings (SSSR count). The van der Waals surface area contributed by atoms with Gasteiger partial charge in [0.15, 0.2) is 0 Å². The number of aromatic nitrogens is 1. The van der Waals surface area contributed by atoms with Crippen LogP contribution >= 0.6 is 10.7 Å². The second-order valence-corrected chi connectivity index (χ2v) is 7.33. The molecule has 1 aromatic carbocycles. The zero-order chi connectivity index (χ0) is 17.0. The molecule has 0 aliphatic rings. The molecule has 2 aromatic rings. The number of nitrogens with zero attached hydrogens (tertiary/aromatic N) is 1. The SMILES string of the molecule is CCC(=O)NCc1ccc(-c2cc(S(=O)(=O)Cl)ccc2F)nc1. The van der Waals surface area contributed by atoms with Gasteiger partial charge in [0.05, 0.1) is 10.6 Å². The normalized spacial score (nSPS) is 11.3. The predicted molar refractivity (Wildman–Crippen MR) is 84.8 cm³/mol. The summed E-state index contributed by atoms with van der Waals surface area (Å²) >= 11 is 0. The Morgan fingerprint density at radius 2 is 2.04 bits per heavy atom. The Morgan fingerprint density at radius 1 is 1.30 bits per heavy atom. The van der Waals surface area contributed by atoms with E-state index in [1.165, 1.54) is 6.20 Å². The molecule has 0 saturated heterocycles. The molecule has 0 aliphatic heterocycles. The molecule has 1 aromatic heterocycles. The largest absolute Gasteiger partial charge is 0.352 e. The lowest BCUT2D eigenvalue weighted by atomic mass is 10.1. The fraction of sp³-hybridized carbons (Fsp3) is 0.200. The first-order valence-corrected chi connectivity index (χ1v) is 9.08. The molecular formula is C15H14ClFN2O3S. The summed E-state index contributed by atoms with van der Waals surface area (Å²) < 4.78 is 36.6. The molecule has 0 spiro atoms. The first-order chi connectivity index (χ1) is 10.8. The molecule has 122 valence electrons. The highest BCUT2D eigenvalue weighted by Gasteiger charge is 2.15. The molecule has 23 heavy (non-hydrogen) atoms. The highest BCUT2D eigenvalue weighted by Crippen LogP contribution is 2.26. The molecule has 0 saturated carbocycles. The summed E-state index contributed by atoms with van der Waals surface area (Å²) in [5.41, 5.74) is 1.06. The lowest BCUT2D eigenvalue weighted by molar-refractivity contribution is -0.120. The average Bonchev–Trinajstić information content (AvgIpc) is 2.52. The molecule has 0 fully saturated rings. The zero-order valence-corrected chi connectivity index (χ0v) is 13.8. The number of pyridine rings is 1. The maximum absolute atomic E-state index is 13.9. The van der Waals surface area contributed by atoms with Crippen molar-refractivity contribution in [1.29, 1.82) is 0 Å². The number of benzene rings is 1. The number of hydrogen-bond acceptors (Lipinski definition) is 4. The van der Waals surface area contributed by atoms with Crippen LogP contribution in [0.15, 0.2) is 41.4 Å². The highest BCUT2D eigenvalue weighted by atomic mass is 35.7. The van der Waals surface area contributed by atoms with E-state index in [1.807, 2.05) is 0 Å². The van der Waals surface area contributed by atoms with Gasteiger partial charge in [-0.25, -0.2) is 12.8 Å². The van der Waals surface area contributed by atoms with Crippen molar-refractivity contribution < 1.29 is 17.6 Å². The number of hydrogen-bond donors (Lipinski definition) is 1. The van der Waals surface area contributed by atoms with Gasteiger partial charge in [-0.1, -0.05) is 13.0 Å². The number of carbonyl (C=O) groups excluding carboxylic acids is 1. The van der Waals surface area contributed by atoms with Crippen molar-refractivity contribution >= 4 is 25.6 Å². The van der Waals surface area contributed by atoms with Gasteiger partial charge in [0.2, 0.25) is 5.91 Å². The standard InChI is InChI=1S/C15H14ClFN2O3S/c1-2-15(20)19-9-10-3-6-14(18-8-10)12-7-11(23(16,21)22)4-5-13(12)17/h3-8H,2,9H2,1H3,(H,19,20). The van der Waals surface area contributed by atoms with Crippen LogP contribution < -0.4 is 5.32 Å². The number of halogens is 2. The Balaban J connectivity index is 2.27. The van der Waals surface area contributed by atoms with Crippen LogP contribution in [0.4, 0.5) is 4.39 Å². The Bertz CT molecular complexity index is 823. The number of carbonyl (C=O) groups is 1. The summed E-state index contributed by atoms with van der Waals surface area (Å²) in [5, 5.41) is 2.70. The lowest BCUT2D eigenvalue weighted by Crippen LogP contribution is -2.21. The van der Waals surface area contributed by atoms with Crippen LogP contribution in [0.2, 0.25) is 0 Å². The summed E-state index contributed by atoms with van der Waals surface area (Å²) in [6, 6.07) is 6.49. The monoisotopic (exact) mass is 356 g/mol. The van der Waals surface area contributed by atoms with Crippen molar-refractivity contribution in [3.63, 3.8) is 0 Å². The van der Waals surface area contributed by atoms with E-state index in [1.54, 1.807) is 19.1 Å². The Morgan fingerprint density at radius 3 is 2.61 bits per heavy atom. The maximum Gasteiger partial charge on any atom is 0.261 e. The molecule has 0 atom stereocenters. The van der Waals surface area contributed by atoms with Crippen LogP contribution in [0.25, 0.3) is 11.3 Å². The number of nitrogens with one attached hydrogen (secondary N) is 1. The van der Waals surface area contributed by atoms with Gasteiger partial charge >= 0.3 is 0 Å². The third-order valence-corrected chi connectivity index (χ3v) is 4.48. The second kappa shape index (κ2) is 7.06. The topological polar surface area (TPSA) is 76.1 Å². The third-order valence-electron chi connectivity index (χ3n) is 3.13. The maximum atomic E-state index is 13.9. The molecule has 1 amide bonds. The molecule has 0 radical (unpaired) electrons. The van der Waals surface area contributed by atoms with E-state index in [9.17, 15) is 17.6 Å². The molecule has 1 heterocycles. The molecule has 8 heteroatoms. The summed E-state index contributed by atoms with van der Waals surface area (Å²) in [5.74, 6) is -0.686. The molecule has 5 nitrogen and oxygen atoms in total. The van der Waals surface area contributed by atoms with E-state index >= 15 is 0 Å². The van der Waals surface area contributed by atoms with Crippen LogP contribution in [0.3, 0.4) is 0 Å². The van der Waals surface area contributed by atoms with E-state index < -0.39 is 14.9 Å². The van der Waals surface area contributed by atoms with Gasteiger partial charge < -0.3 is 5.32 Å². The van der Waals surface area contributed by atoms with Gasteiger partial charge in [-0.3, -0.25) is 9.78 Å². The van der Waals surface area contributed by atoms with Crippen molar-refractivity contribution in [3.05, 3.63) is 47.9 Å². The van der Waals surface area contributed by atoms with E-state index in [0.29, 0.717) is 13.0 Å². The minimum absolute atomic E-state index is 0.0378. The van der Waals surface area contributed by atoms with Gasteiger partial charge in [0.1, 0.15) is 5.82 Å². The third kappa shape index (κ3) is 4.49. The van der Waals surface area contributed by atoms with E-state index in [0.717, 1.165) is 23.8 Å². The minimum atomic E-state index is -3.95. The van der Waals surface area contributed by atoms with E-state index in [2.05, 4.69) is 10.3 Å². The predicted octanol–water partition coefficient (Wildman–Crippen LogP) is 2.84. The quantitative estimate of drug-likeness (QED) is 0.836. The Labute approximate surface area is 137 Å². The van der Waals surface area contributed by atoms with Gasteiger partial charge in [-0.05, 0) is 29.8 Å². The first-order valence-electron chi connectivity index (χ1n) is 6.77. The molecule has 0 unspecified atom stereocenters. The molecule has 0 aliphatic carbocycles. The van der Waals surface area contributed by atoms with Crippen molar-refractivity contribution in [2.75, 3.05) is 0 Å². The van der Waals surface area contributed by atoms with Gasteiger partial charge in [0.25, 0.3) is 9.05 Å². The van der Waals surface area contributed by atoms with Crippen LogP contribution in [0.5, 0.6) is 0 Å². The first kappa shape index (κ1) is 17.4. The zero-order valence-electron chi connectivity index (χ0n) is 12.2. The molecular weight excluding hydrogens is 343 g/mol. The van der Waals surface area contributed by atoms with Crippen LogP contribution in [-0.4, -0.2) is 19.3 Å². The summed E-state index contributed by atoms with van der Waals surface area (Å²) in [6.45, 7) is 2.07. The van der Waals surface area contributed by atoms with Crippen molar-refractivity contribution in [1.82, 2.24) is 10.3 Å². The van der Waals surface area contributed by atoms with Gasteiger partial charge in [-0.15, -0.1) is 0 Å². The van der Waals surface area contributed by atoms with Gasteiger partial charge in [-0.2, -0.15) is 0 Å². The molecule has 1 N–H and O–H groups in total. The van der Waals surface area contributed by atoms with Crippen LogP contribution in [0.1, 0.15) is 18.9 Å². The fourth-order valence-electron chi connectivity index (χ4n) is 1.87. The van der Waals surface area contributed by atoms with E-state index in [-0.39, 0.29) is 22.1 Å². The summed E-state index contributed by atoms with van der Waals surface area (Å²) in [6.07, 6.45) is 1.88. The van der Waals surface area contributed by atoms with Crippen molar-refractivity contribution in [2.24, 2.45) is 0 Å². The number of rotatable bonds is 5. The van der Waals surface area contributed by atoms with Crippen molar-refractivity contribution in [3.8, 4) is 11.3 Å². The Hall–Kier alpha value is -1.99. The lowest BCUT2D eigenvalue weighted by Gasteiger charge is -2.07. The van der Waals surface area contributed by atoms with Crippen LogP contribution in [0, 0.1) is 5.82 Å². The number of amides is 1. The van der Waals surface area contributed by atoms with Gasteiger partial charge in [0, 0.05) is 35.4 Å². The summed E-state index contributed by atoms with van der Waals surface area (Å²) in [7, 11) is 1.32. The highest BCUT2D eigenvalue weighted by molar-refractivity contribution is 8.13. The smallest absolute Gasteiger partial charge is 0.261 e. The fourth-order valence-corrected chi connectivity index (χ4v) is 2.64. The molecule has 0 bridgehead atoms. The minimum Gasteiger partial charge on any atom is -0.352 e. The van der Waals surface area contributed by atoms with Crippen molar-refractivity contribution in [2.45, 2.75) is 24.8 Å². The van der Waals surface area contributed by atoms with E-state index in [4.69, 9.17) is 10.7 Å². The average molecular weight is 357 g/mol. The van der Waals surface area contributed by atoms with Crippen LogP contribution in [-0.2, 0) is 20.4 Å².